The molecule has 112 valence electrons. The van der Waals surface area contributed by atoms with Crippen LogP contribution >= 0.6 is 0 Å². The number of benzene rings is 1. The minimum absolute atomic E-state index is 0. The molecule has 0 aliphatic carbocycles. The van der Waals surface area contributed by atoms with E-state index in [-0.39, 0.29) is 56.9 Å². The third-order valence-electron chi connectivity index (χ3n) is 3.72. The van der Waals surface area contributed by atoms with Crippen LogP contribution in [0.4, 0.5) is 12.9 Å². The van der Waals surface area contributed by atoms with E-state index in [4.69, 9.17) is 4.74 Å². The number of ether oxygens (including phenoxy) is 1. The van der Waals surface area contributed by atoms with Gasteiger partial charge in [0, 0.05) is 6.54 Å². The maximum absolute atomic E-state index is 12.7. The molecule has 0 atom stereocenters. The third-order valence-corrected chi connectivity index (χ3v) is 3.72. The molecule has 1 aromatic rings. The van der Waals surface area contributed by atoms with Gasteiger partial charge in [-0.3, -0.25) is 4.90 Å². The second kappa shape index (κ2) is 8.94. The first kappa shape index (κ1) is 19.5. The normalized spacial score (nSPS) is 16.4. The second-order valence-electron chi connectivity index (χ2n) is 5.34. The van der Waals surface area contributed by atoms with Crippen LogP contribution in [0.15, 0.2) is 18.2 Å². The van der Waals surface area contributed by atoms with Gasteiger partial charge < -0.3 is 17.7 Å². The molecule has 1 fully saturated rings. The molecule has 7 heteroatoms. The first-order valence-electron chi connectivity index (χ1n) is 7.12. The average molecular weight is 325 g/mol. The van der Waals surface area contributed by atoms with Crippen LogP contribution < -0.4 is 61.6 Å². The summed E-state index contributed by atoms with van der Waals surface area (Å²) in [6.45, 7) is 0.0881. The van der Waals surface area contributed by atoms with Crippen molar-refractivity contribution in [2.24, 2.45) is 0 Å². The van der Waals surface area contributed by atoms with Crippen LogP contribution in [0.1, 0.15) is 24.8 Å². The topological polar surface area (TPSA) is 12.5 Å². The first-order valence-corrected chi connectivity index (χ1v) is 7.12. The summed E-state index contributed by atoms with van der Waals surface area (Å²) in [6.07, 6.45) is 3.74. The fourth-order valence-corrected chi connectivity index (χ4v) is 2.58. The van der Waals surface area contributed by atoms with Crippen LogP contribution in [-0.2, 0) is 0 Å². The Hall–Kier alpha value is 0.471. The van der Waals surface area contributed by atoms with Crippen molar-refractivity contribution < 1.29 is 69.1 Å². The third kappa shape index (κ3) is 6.23. The molecule has 1 aromatic carbocycles. The van der Waals surface area contributed by atoms with Crippen LogP contribution in [0.25, 0.3) is 0 Å². The van der Waals surface area contributed by atoms with Crippen molar-refractivity contribution in [2.45, 2.75) is 26.2 Å². The summed E-state index contributed by atoms with van der Waals surface area (Å²) < 4.78 is 43.6. The van der Waals surface area contributed by atoms with Gasteiger partial charge >= 0.3 is 58.4 Å². The van der Waals surface area contributed by atoms with Crippen LogP contribution in [0.5, 0.6) is 5.75 Å². The monoisotopic (exact) mass is 325 g/mol. The minimum Gasteiger partial charge on any atom is -0.492 e. The number of hydrogen-bond donors (Lipinski definition) is 0. The van der Waals surface area contributed by atoms with Crippen LogP contribution in [0.2, 0.25) is 0 Å². The molecular weight excluding hydrogens is 305 g/mol. The van der Waals surface area contributed by atoms with Gasteiger partial charge in [0.1, 0.15) is 12.4 Å². The summed E-state index contributed by atoms with van der Waals surface area (Å²) in [5.74, 6) is 0.517. The number of rotatable bonds is 5. The molecule has 1 heterocycles. The number of nitrogens with zero attached hydrogens (tertiary/aromatic N) is 1. The van der Waals surface area contributed by atoms with Gasteiger partial charge in [0.25, 0.3) is 0 Å². The van der Waals surface area contributed by atoms with Crippen LogP contribution in [0, 0.1) is 6.92 Å². The van der Waals surface area contributed by atoms with Crippen LogP contribution in [-0.4, -0.2) is 38.1 Å². The SMILES string of the molecule is Cc1cc(OCCN2CCCCC2)ccc1[B-](F)(F)F.[K+]. The largest absolute Gasteiger partial charge is 1.00 e. The Bertz CT molecular complexity index is 450. The second-order valence-corrected chi connectivity index (χ2v) is 5.34. The molecule has 2 nitrogen and oxygen atoms in total. The van der Waals surface area contributed by atoms with E-state index in [1.807, 2.05) is 0 Å². The number of halogens is 3. The molecular formula is C14H20BF3KNO. The Labute approximate surface area is 166 Å². The van der Waals surface area contributed by atoms with E-state index in [0.29, 0.717) is 12.4 Å². The van der Waals surface area contributed by atoms with Crippen molar-refractivity contribution in [3.63, 3.8) is 0 Å². The Morgan fingerprint density at radius 1 is 1.14 bits per heavy atom. The molecule has 0 N–H and O–H groups in total. The van der Waals surface area contributed by atoms with Gasteiger partial charge in [-0.05, 0) is 45.0 Å². The molecule has 0 amide bonds. The maximum atomic E-state index is 12.7. The zero-order valence-corrected chi connectivity index (χ0v) is 15.9. The molecule has 21 heavy (non-hydrogen) atoms. The van der Waals surface area contributed by atoms with Crippen molar-refractivity contribution in [3.8, 4) is 5.75 Å². The fraction of sp³-hybridized carbons (Fsp3) is 0.571. The quantitative estimate of drug-likeness (QED) is 0.702. The van der Waals surface area contributed by atoms with E-state index < -0.39 is 12.4 Å². The Morgan fingerprint density at radius 2 is 1.81 bits per heavy atom. The first-order chi connectivity index (χ1) is 9.47. The minimum atomic E-state index is -4.94. The Balaban J connectivity index is 0.00000220. The zero-order chi connectivity index (χ0) is 14.6. The van der Waals surface area contributed by atoms with E-state index in [2.05, 4.69) is 4.90 Å². The van der Waals surface area contributed by atoms with Gasteiger partial charge in [0.2, 0.25) is 0 Å². The fourth-order valence-electron chi connectivity index (χ4n) is 2.58. The summed E-state index contributed by atoms with van der Waals surface area (Å²) in [5.41, 5.74) is -0.304. The smallest absolute Gasteiger partial charge is 0.492 e. The van der Waals surface area contributed by atoms with Crippen molar-refractivity contribution in [1.29, 1.82) is 0 Å². The van der Waals surface area contributed by atoms with Gasteiger partial charge in [-0.2, -0.15) is 0 Å². The van der Waals surface area contributed by atoms with Crippen molar-refractivity contribution in [1.82, 2.24) is 4.90 Å². The molecule has 0 radical (unpaired) electrons. The molecule has 2 rings (SSSR count). The molecule has 0 bridgehead atoms. The summed E-state index contributed by atoms with van der Waals surface area (Å²) in [6, 6.07) is 4.00. The zero-order valence-electron chi connectivity index (χ0n) is 12.7. The van der Waals surface area contributed by atoms with E-state index in [0.717, 1.165) is 25.7 Å². The van der Waals surface area contributed by atoms with E-state index >= 15 is 0 Å². The summed E-state index contributed by atoms with van der Waals surface area (Å²) in [4.78, 5) is 2.34. The molecule has 1 aliphatic heterocycles. The van der Waals surface area contributed by atoms with Gasteiger partial charge in [-0.25, -0.2) is 0 Å². The van der Waals surface area contributed by atoms with E-state index in [1.165, 1.54) is 38.3 Å². The number of likely N-dealkylation sites (tertiary alicyclic amines) is 1. The predicted octanol–water partition coefficient (Wildman–Crippen LogP) is -0.0819. The van der Waals surface area contributed by atoms with Gasteiger partial charge in [0.15, 0.2) is 0 Å². The number of aryl methyl sites for hydroxylation is 1. The molecule has 1 saturated heterocycles. The predicted molar refractivity (Wildman–Crippen MR) is 75.7 cm³/mol. The molecule has 0 saturated carbocycles. The van der Waals surface area contributed by atoms with Crippen molar-refractivity contribution in [3.05, 3.63) is 23.8 Å². The molecule has 0 aromatic heterocycles. The van der Waals surface area contributed by atoms with Crippen molar-refractivity contribution in [2.75, 3.05) is 26.2 Å². The van der Waals surface area contributed by atoms with Crippen LogP contribution in [0.3, 0.4) is 0 Å². The summed E-state index contributed by atoms with van der Waals surface area (Å²) in [7, 11) is 0. The molecule has 0 spiro atoms. The Kier molecular flexibility index (Phi) is 8.31. The molecule has 1 aliphatic rings. The summed E-state index contributed by atoms with van der Waals surface area (Å²) in [5, 5.41) is 0. The van der Waals surface area contributed by atoms with Gasteiger partial charge in [0.05, 0.1) is 0 Å². The van der Waals surface area contributed by atoms with Gasteiger partial charge in [-0.15, -0.1) is 5.46 Å². The van der Waals surface area contributed by atoms with Crippen molar-refractivity contribution >= 4 is 12.4 Å². The standard InChI is InChI=1S/C14H20BF3NO.K/c1-12-11-13(5-6-14(12)15(16,17)18)20-10-9-19-7-3-2-4-8-19;/h5-6,11H,2-4,7-10H2,1H3;/q-1;+1. The van der Waals surface area contributed by atoms with Gasteiger partial charge in [-0.1, -0.05) is 18.1 Å². The Morgan fingerprint density at radius 3 is 2.38 bits per heavy atom. The number of piperidine rings is 1. The summed E-state index contributed by atoms with van der Waals surface area (Å²) >= 11 is 0. The van der Waals surface area contributed by atoms with E-state index in [1.54, 1.807) is 0 Å². The van der Waals surface area contributed by atoms with E-state index in [9.17, 15) is 12.9 Å². The average Bonchev–Trinajstić information content (AvgIpc) is 2.38. The molecule has 0 unspecified atom stereocenters. The maximum Gasteiger partial charge on any atom is 1.00 e. The number of hydrogen-bond acceptors (Lipinski definition) is 2.